The molecular formula is C13H17ClO2. The summed E-state index contributed by atoms with van der Waals surface area (Å²) in [5.41, 5.74) is 2.26. The predicted molar refractivity (Wildman–Crippen MR) is 66.0 cm³/mol. The maximum atomic E-state index is 10.4. The van der Waals surface area contributed by atoms with Gasteiger partial charge in [-0.2, -0.15) is 0 Å². The number of carboxylic acid groups (broad SMARTS) is 1. The number of aliphatic carboxylic acids is 1. The van der Waals surface area contributed by atoms with Crippen LogP contribution < -0.4 is 0 Å². The van der Waals surface area contributed by atoms with Crippen LogP contribution in [0.15, 0.2) is 24.3 Å². The molecule has 1 rings (SSSR count). The smallest absolute Gasteiger partial charge is 0.303 e. The molecule has 0 spiro atoms. The molecule has 0 saturated heterocycles. The summed E-state index contributed by atoms with van der Waals surface area (Å²) in [5, 5.41) is 8.36. The molecule has 0 saturated carbocycles. The zero-order valence-electron chi connectivity index (χ0n) is 9.61. The first-order valence-corrected chi connectivity index (χ1v) is 5.90. The van der Waals surface area contributed by atoms with Crippen molar-refractivity contribution < 1.29 is 9.90 Å². The summed E-state index contributed by atoms with van der Waals surface area (Å²) in [6.45, 7) is 4.27. The van der Waals surface area contributed by atoms with Gasteiger partial charge in [-0.05, 0) is 23.5 Å². The second-order valence-electron chi connectivity index (χ2n) is 4.22. The monoisotopic (exact) mass is 240 g/mol. The largest absolute Gasteiger partial charge is 0.481 e. The summed E-state index contributed by atoms with van der Waals surface area (Å²) in [5.74, 6) is -0.300. The molecule has 2 nitrogen and oxygen atoms in total. The highest BCUT2D eigenvalue weighted by molar-refractivity contribution is 6.20. The van der Waals surface area contributed by atoms with Gasteiger partial charge >= 0.3 is 5.97 Å². The lowest BCUT2D eigenvalue weighted by molar-refractivity contribution is -0.137. The summed E-state index contributed by atoms with van der Waals surface area (Å²) in [6.07, 6.45) is 0.581. The van der Waals surface area contributed by atoms with E-state index in [1.807, 2.05) is 12.1 Å². The number of benzene rings is 1. The van der Waals surface area contributed by atoms with Crippen molar-refractivity contribution >= 4 is 17.6 Å². The van der Waals surface area contributed by atoms with Crippen LogP contribution in [-0.4, -0.2) is 11.1 Å². The van der Waals surface area contributed by atoms with Gasteiger partial charge in [0.2, 0.25) is 0 Å². The van der Waals surface area contributed by atoms with Crippen LogP contribution in [-0.2, 0) is 4.79 Å². The molecule has 16 heavy (non-hydrogen) atoms. The van der Waals surface area contributed by atoms with E-state index >= 15 is 0 Å². The maximum Gasteiger partial charge on any atom is 0.303 e. The van der Waals surface area contributed by atoms with Crippen molar-refractivity contribution in [1.29, 1.82) is 0 Å². The van der Waals surface area contributed by atoms with Crippen molar-refractivity contribution in [3.8, 4) is 0 Å². The van der Waals surface area contributed by atoms with Gasteiger partial charge in [0, 0.05) is 6.42 Å². The Morgan fingerprint density at radius 2 is 1.75 bits per heavy atom. The van der Waals surface area contributed by atoms with Gasteiger partial charge in [-0.25, -0.2) is 0 Å². The minimum absolute atomic E-state index is 0.111. The average molecular weight is 241 g/mol. The number of carbonyl (C=O) groups is 1. The van der Waals surface area contributed by atoms with Crippen LogP contribution in [0.5, 0.6) is 0 Å². The molecule has 0 bridgehead atoms. The Kier molecular flexibility index (Phi) is 4.81. The van der Waals surface area contributed by atoms with Gasteiger partial charge in [-0.1, -0.05) is 38.1 Å². The fraction of sp³-hybridized carbons (Fsp3) is 0.462. The number of halogens is 1. The highest BCUT2D eigenvalue weighted by Gasteiger charge is 2.10. The van der Waals surface area contributed by atoms with Crippen molar-refractivity contribution in [3.63, 3.8) is 0 Å². The minimum atomic E-state index is -0.801. The molecule has 1 N–H and O–H groups in total. The minimum Gasteiger partial charge on any atom is -0.481 e. The normalized spacial score (nSPS) is 12.8. The van der Waals surface area contributed by atoms with Crippen LogP contribution in [0.2, 0.25) is 0 Å². The molecule has 0 amide bonds. The summed E-state index contributed by atoms with van der Waals surface area (Å²) in [7, 11) is 0. The Balaban J connectivity index is 2.62. The lowest BCUT2D eigenvalue weighted by Gasteiger charge is -2.10. The summed E-state index contributed by atoms with van der Waals surface area (Å²) < 4.78 is 0. The van der Waals surface area contributed by atoms with Crippen LogP contribution in [0.1, 0.15) is 49.1 Å². The summed E-state index contributed by atoms with van der Waals surface area (Å²) in [4.78, 5) is 10.4. The lowest BCUT2D eigenvalue weighted by atomic mass is 10.00. The third-order valence-electron chi connectivity index (χ3n) is 2.58. The van der Waals surface area contributed by atoms with E-state index in [2.05, 4.69) is 26.0 Å². The van der Waals surface area contributed by atoms with Gasteiger partial charge in [0.1, 0.15) is 0 Å². The van der Waals surface area contributed by atoms with Crippen LogP contribution in [0.4, 0.5) is 0 Å². The van der Waals surface area contributed by atoms with Crippen molar-refractivity contribution in [2.24, 2.45) is 0 Å². The molecule has 0 fully saturated rings. The Bertz CT molecular complexity index is 343. The molecule has 88 valence electrons. The summed E-state index contributed by atoms with van der Waals surface area (Å²) in [6, 6.07) is 8.07. The van der Waals surface area contributed by atoms with Crippen molar-refractivity contribution in [1.82, 2.24) is 0 Å². The van der Waals surface area contributed by atoms with Crippen LogP contribution >= 0.6 is 11.6 Å². The molecule has 0 aliphatic rings. The molecule has 1 aromatic rings. The first kappa shape index (κ1) is 13.0. The SMILES string of the molecule is CC(C)c1ccc(C(Cl)CCC(=O)O)cc1. The van der Waals surface area contributed by atoms with Gasteiger partial charge in [0.15, 0.2) is 0 Å². The fourth-order valence-corrected chi connectivity index (χ4v) is 1.76. The second kappa shape index (κ2) is 5.90. The standard InChI is InChI=1S/C13H17ClO2/c1-9(2)10-3-5-11(6-4-10)12(14)7-8-13(15)16/h3-6,9,12H,7-8H2,1-2H3,(H,15,16). The highest BCUT2D eigenvalue weighted by Crippen LogP contribution is 2.26. The molecule has 1 atom stereocenters. The van der Waals surface area contributed by atoms with Crippen molar-refractivity contribution in [3.05, 3.63) is 35.4 Å². The fourth-order valence-electron chi connectivity index (χ4n) is 1.51. The van der Waals surface area contributed by atoms with E-state index in [9.17, 15) is 4.79 Å². The van der Waals surface area contributed by atoms with Crippen LogP contribution in [0.3, 0.4) is 0 Å². The van der Waals surface area contributed by atoms with Crippen molar-refractivity contribution in [2.45, 2.75) is 38.0 Å². The molecule has 1 unspecified atom stereocenters. The van der Waals surface area contributed by atoms with Gasteiger partial charge < -0.3 is 5.11 Å². The average Bonchev–Trinajstić information content (AvgIpc) is 2.26. The van der Waals surface area contributed by atoms with E-state index in [0.717, 1.165) is 5.56 Å². The molecule has 3 heteroatoms. The zero-order valence-corrected chi connectivity index (χ0v) is 10.4. The molecule has 0 aliphatic carbocycles. The lowest BCUT2D eigenvalue weighted by Crippen LogP contribution is -1.98. The number of rotatable bonds is 5. The first-order valence-electron chi connectivity index (χ1n) is 5.46. The van der Waals surface area contributed by atoms with E-state index in [0.29, 0.717) is 12.3 Å². The maximum absolute atomic E-state index is 10.4. The van der Waals surface area contributed by atoms with E-state index in [1.165, 1.54) is 5.56 Å². The van der Waals surface area contributed by atoms with Gasteiger partial charge in [-0.15, -0.1) is 11.6 Å². The van der Waals surface area contributed by atoms with Gasteiger partial charge in [0.05, 0.1) is 5.38 Å². The third-order valence-corrected chi connectivity index (χ3v) is 3.05. The third kappa shape index (κ3) is 3.86. The van der Waals surface area contributed by atoms with E-state index in [1.54, 1.807) is 0 Å². The topological polar surface area (TPSA) is 37.3 Å². The molecule has 1 aromatic carbocycles. The number of carboxylic acids is 1. The molecule has 0 heterocycles. The zero-order chi connectivity index (χ0) is 12.1. The molecule has 0 aliphatic heterocycles. The quantitative estimate of drug-likeness (QED) is 0.792. The van der Waals surface area contributed by atoms with Crippen molar-refractivity contribution in [2.75, 3.05) is 0 Å². The molecule has 0 radical (unpaired) electrons. The van der Waals surface area contributed by atoms with Crippen LogP contribution in [0.25, 0.3) is 0 Å². The van der Waals surface area contributed by atoms with E-state index < -0.39 is 5.97 Å². The van der Waals surface area contributed by atoms with E-state index in [4.69, 9.17) is 16.7 Å². The Morgan fingerprint density at radius 3 is 2.19 bits per heavy atom. The molecular weight excluding hydrogens is 224 g/mol. The Hall–Kier alpha value is -1.02. The van der Waals surface area contributed by atoms with Gasteiger partial charge in [0.25, 0.3) is 0 Å². The first-order chi connectivity index (χ1) is 7.50. The highest BCUT2D eigenvalue weighted by atomic mass is 35.5. The summed E-state index contributed by atoms with van der Waals surface area (Å²) >= 11 is 6.12. The number of hydrogen-bond acceptors (Lipinski definition) is 1. The second-order valence-corrected chi connectivity index (χ2v) is 4.75. The predicted octanol–water partition coefficient (Wildman–Crippen LogP) is 3.95. The number of hydrogen-bond donors (Lipinski definition) is 1. The van der Waals surface area contributed by atoms with E-state index in [-0.39, 0.29) is 11.8 Å². The Morgan fingerprint density at radius 1 is 1.25 bits per heavy atom. The van der Waals surface area contributed by atoms with Gasteiger partial charge in [-0.3, -0.25) is 4.79 Å². The molecule has 0 aromatic heterocycles. The Labute approximate surface area is 101 Å². The van der Waals surface area contributed by atoms with Crippen LogP contribution in [0, 0.1) is 0 Å². The number of alkyl halides is 1.